The number of nitrogens with zero attached hydrogens (tertiary/aromatic N) is 1. The summed E-state index contributed by atoms with van der Waals surface area (Å²) in [5, 5.41) is 7.16. The van der Waals surface area contributed by atoms with Crippen LogP contribution in [-0.2, 0) is 5.41 Å². The second-order valence-corrected chi connectivity index (χ2v) is 15.6. The van der Waals surface area contributed by atoms with E-state index in [0.29, 0.717) is 0 Å². The van der Waals surface area contributed by atoms with E-state index in [1.165, 1.54) is 54.9 Å². The van der Waals surface area contributed by atoms with Crippen molar-refractivity contribution in [3.05, 3.63) is 247 Å². The third-order valence-electron chi connectivity index (χ3n) is 12.5. The number of para-hydroxylation sites is 1. The van der Waals surface area contributed by atoms with Gasteiger partial charge in [-0.25, -0.2) is 0 Å². The summed E-state index contributed by atoms with van der Waals surface area (Å²) in [6, 6.07) is 82.0. The summed E-state index contributed by atoms with van der Waals surface area (Å²) >= 11 is 0. The second-order valence-electron chi connectivity index (χ2n) is 15.6. The summed E-state index contributed by atoms with van der Waals surface area (Å²) < 4.78 is 6.17. The number of hydrogen-bond donors (Lipinski definition) is 0. The first-order chi connectivity index (χ1) is 29.3. The van der Waals surface area contributed by atoms with Crippen LogP contribution in [0.5, 0.6) is 0 Å². The number of anilines is 3. The Morgan fingerprint density at radius 1 is 0.356 bits per heavy atom. The van der Waals surface area contributed by atoms with Gasteiger partial charge < -0.3 is 9.32 Å². The molecule has 11 aromatic rings. The maximum atomic E-state index is 6.17. The molecule has 0 fully saturated rings. The average molecular weight is 752 g/mol. The minimum absolute atomic E-state index is 0.513. The largest absolute Gasteiger partial charge is 0.456 e. The van der Waals surface area contributed by atoms with Crippen LogP contribution in [0.1, 0.15) is 22.3 Å². The predicted molar refractivity (Wildman–Crippen MR) is 246 cm³/mol. The number of benzene rings is 10. The number of furan rings is 1. The van der Waals surface area contributed by atoms with E-state index in [4.69, 9.17) is 4.42 Å². The van der Waals surface area contributed by atoms with Gasteiger partial charge in [0.15, 0.2) is 0 Å². The van der Waals surface area contributed by atoms with E-state index < -0.39 is 5.41 Å². The summed E-state index contributed by atoms with van der Waals surface area (Å²) in [6.07, 6.45) is 0. The fourth-order valence-electron chi connectivity index (χ4n) is 9.93. The molecule has 0 spiro atoms. The Morgan fingerprint density at radius 3 is 1.78 bits per heavy atom. The first-order valence-electron chi connectivity index (χ1n) is 20.3. The molecular formula is C57H37NO. The maximum absolute atomic E-state index is 6.17. The number of rotatable bonds is 6. The van der Waals surface area contributed by atoms with E-state index in [1.54, 1.807) is 0 Å². The van der Waals surface area contributed by atoms with Crippen LogP contribution in [0.2, 0.25) is 0 Å². The van der Waals surface area contributed by atoms with Gasteiger partial charge in [0.1, 0.15) is 11.2 Å². The lowest BCUT2D eigenvalue weighted by Crippen LogP contribution is -2.28. The van der Waals surface area contributed by atoms with Crippen LogP contribution >= 0.6 is 0 Å². The average Bonchev–Trinajstić information content (AvgIpc) is 3.83. The lowest BCUT2D eigenvalue weighted by molar-refractivity contribution is 0.669. The summed E-state index contributed by atoms with van der Waals surface area (Å²) in [5.74, 6) is 0. The quantitative estimate of drug-likeness (QED) is 0.157. The molecule has 0 atom stereocenters. The standard InChI is InChI=1S/C57H37NO/c1-3-16-42(17-4-1)57(43-18-5-2-6-19-43)51-23-11-9-21-47(51)48-34-33-45(37-52(48)57)58(53-24-13-15-40-27-26-39-14-7-8-20-46(39)56(40)53)44-31-28-38(29-32-44)41-30-35-55-50(36-41)49-22-10-12-25-54(49)59-55/h1-37H. The molecule has 2 nitrogen and oxygen atoms in total. The molecule has 1 heterocycles. The van der Waals surface area contributed by atoms with Gasteiger partial charge >= 0.3 is 0 Å². The summed E-state index contributed by atoms with van der Waals surface area (Å²) in [6.45, 7) is 0. The van der Waals surface area contributed by atoms with Gasteiger partial charge in [0, 0.05) is 27.5 Å². The monoisotopic (exact) mass is 751 g/mol. The third-order valence-corrected chi connectivity index (χ3v) is 12.5. The van der Waals surface area contributed by atoms with E-state index in [2.05, 4.69) is 217 Å². The topological polar surface area (TPSA) is 16.4 Å². The van der Waals surface area contributed by atoms with E-state index in [0.717, 1.165) is 50.1 Å². The SMILES string of the molecule is c1ccc(C2(c3ccccc3)c3ccccc3-c3ccc(N(c4ccc(-c5ccc6oc7ccccc7c6c5)cc4)c4cccc5ccc6ccccc6c45)cc32)cc1. The molecule has 2 heteroatoms. The summed E-state index contributed by atoms with van der Waals surface area (Å²) in [7, 11) is 0. The van der Waals surface area contributed by atoms with Crippen molar-refractivity contribution in [1.82, 2.24) is 0 Å². The van der Waals surface area contributed by atoms with Crippen LogP contribution in [0.3, 0.4) is 0 Å². The minimum atomic E-state index is -0.513. The fourth-order valence-corrected chi connectivity index (χ4v) is 9.93. The van der Waals surface area contributed by atoms with Crippen molar-refractivity contribution in [1.29, 1.82) is 0 Å². The normalized spacial score (nSPS) is 12.9. The summed E-state index contributed by atoms with van der Waals surface area (Å²) in [5.41, 5.74) is 14.6. The molecular weight excluding hydrogens is 715 g/mol. The molecule has 1 aliphatic carbocycles. The maximum Gasteiger partial charge on any atom is 0.135 e. The molecule has 0 amide bonds. The van der Waals surface area contributed by atoms with E-state index >= 15 is 0 Å². The van der Waals surface area contributed by atoms with Crippen molar-refractivity contribution in [3.8, 4) is 22.3 Å². The van der Waals surface area contributed by atoms with Crippen LogP contribution in [0.4, 0.5) is 17.1 Å². The highest BCUT2D eigenvalue weighted by molar-refractivity contribution is 6.15. The Balaban J connectivity index is 1.10. The molecule has 0 saturated carbocycles. The molecule has 0 saturated heterocycles. The first-order valence-corrected chi connectivity index (χ1v) is 20.3. The molecule has 1 aromatic heterocycles. The smallest absolute Gasteiger partial charge is 0.135 e. The predicted octanol–water partition coefficient (Wildman–Crippen LogP) is 15.4. The van der Waals surface area contributed by atoms with Crippen LogP contribution in [0.25, 0.3) is 65.7 Å². The van der Waals surface area contributed by atoms with Crippen LogP contribution in [0.15, 0.2) is 229 Å². The zero-order valence-electron chi connectivity index (χ0n) is 32.2. The molecule has 12 rings (SSSR count). The van der Waals surface area contributed by atoms with Crippen molar-refractivity contribution in [3.63, 3.8) is 0 Å². The van der Waals surface area contributed by atoms with E-state index in [1.807, 2.05) is 12.1 Å². The molecule has 0 aliphatic heterocycles. The van der Waals surface area contributed by atoms with E-state index in [9.17, 15) is 0 Å². The van der Waals surface area contributed by atoms with Crippen LogP contribution in [0, 0.1) is 0 Å². The van der Waals surface area contributed by atoms with Crippen LogP contribution in [-0.4, -0.2) is 0 Å². The van der Waals surface area contributed by atoms with E-state index in [-0.39, 0.29) is 0 Å². The molecule has 59 heavy (non-hydrogen) atoms. The zero-order chi connectivity index (χ0) is 38.9. The van der Waals surface area contributed by atoms with Gasteiger partial charge in [-0.1, -0.05) is 176 Å². The van der Waals surface area contributed by atoms with Gasteiger partial charge in [0.05, 0.1) is 11.1 Å². The first kappa shape index (κ1) is 33.5. The van der Waals surface area contributed by atoms with Gasteiger partial charge in [-0.15, -0.1) is 0 Å². The Labute approximate surface area is 342 Å². The fraction of sp³-hybridized carbons (Fsp3) is 0.0175. The highest BCUT2D eigenvalue weighted by Crippen LogP contribution is 2.57. The lowest BCUT2D eigenvalue weighted by atomic mass is 9.67. The van der Waals surface area contributed by atoms with Gasteiger partial charge in [0.2, 0.25) is 0 Å². The van der Waals surface area contributed by atoms with Crippen molar-refractivity contribution < 1.29 is 4.42 Å². The van der Waals surface area contributed by atoms with Gasteiger partial charge in [-0.2, -0.15) is 0 Å². The lowest BCUT2D eigenvalue weighted by Gasteiger charge is -2.35. The van der Waals surface area contributed by atoms with Gasteiger partial charge in [-0.3, -0.25) is 0 Å². The molecule has 0 radical (unpaired) electrons. The Kier molecular flexibility index (Phi) is 7.48. The molecule has 0 bridgehead atoms. The van der Waals surface area contributed by atoms with Crippen molar-refractivity contribution in [2.45, 2.75) is 5.41 Å². The minimum Gasteiger partial charge on any atom is -0.456 e. The number of fused-ring (bicyclic) bond motifs is 9. The van der Waals surface area contributed by atoms with Gasteiger partial charge in [-0.05, 0) is 109 Å². The Bertz CT molecular complexity index is 3340. The third kappa shape index (κ3) is 5.06. The molecule has 0 unspecified atom stereocenters. The molecule has 276 valence electrons. The van der Waals surface area contributed by atoms with Crippen molar-refractivity contribution in [2.75, 3.05) is 4.90 Å². The summed E-state index contributed by atoms with van der Waals surface area (Å²) in [4.78, 5) is 2.47. The number of hydrogen-bond acceptors (Lipinski definition) is 2. The Morgan fingerprint density at radius 2 is 0.966 bits per heavy atom. The van der Waals surface area contributed by atoms with Gasteiger partial charge in [0.25, 0.3) is 0 Å². The van der Waals surface area contributed by atoms with Crippen molar-refractivity contribution >= 4 is 60.5 Å². The zero-order valence-corrected chi connectivity index (χ0v) is 32.2. The highest BCUT2D eigenvalue weighted by Gasteiger charge is 2.46. The second kappa shape index (κ2) is 13.2. The molecule has 0 N–H and O–H groups in total. The van der Waals surface area contributed by atoms with Crippen molar-refractivity contribution in [2.24, 2.45) is 0 Å². The van der Waals surface area contributed by atoms with Crippen LogP contribution < -0.4 is 4.90 Å². The Hall–Kier alpha value is -7.68. The molecule has 10 aromatic carbocycles. The highest BCUT2D eigenvalue weighted by atomic mass is 16.3. The molecule has 1 aliphatic rings.